The standard InChI is InChI=1S/C24H40BNO3/c1-7-13-16-22-19(10-4)21(12-6)24(23(26)20(22)11-5)29-25(27-17-14-8-2)28-18-15-9-3/h7-12,14-15,17-18,26H2,1-6H3. The molecular formula is C24H40BNO3. The molecule has 29 heavy (non-hydrogen) atoms. The zero-order chi connectivity index (χ0) is 21.6. The number of anilines is 1. The molecule has 0 aliphatic heterocycles. The van der Waals surface area contributed by atoms with E-state index in [9.17, 15) is 0 Å². The molecule has 0 radical (unpaired) electrons. The Labute approximate surface area is 179 Å². The number of hydrogen-bond donors (Lipinski definition) is 1. The summed E-state index contributed by atoms with van der Waals surface area (Å²) in [5, 5.41) is 0. The molecule has 0 aliphatic carbocycles. The molecule has 162 valence electrons. The van der Waals surface area contributed by atoms with Crippen molar-refractivity contribution in [3.8, 4) is 17.6 Å². The number of unbranched alkanes of at least 4 members (excludes halogenated alkanes) is 2. The van der Waals surface area contributed by atoms with Crippen LogP contribution in [0.4, 0.5) is 5.69 Å². The average molecular weight is 401 g/mol. The van der Waals surface area contributed by atoms with Crippen LogP contribution in [0, 0.1) is 11.8 Å². The fourth-order valence-corrected chi connectivity index (χ4v) is 3.36. The molecule has 0 spiro atoms. The van der Waals surface area contributed by atoms with Gasteiger partial charge in [0, 0.05) is 25.2 Å². The quantitative estimate of drug-likeness (QED) is 0.199. The van der Waals surface area contributed by atoms with Crippen molar-refractivity contribution in [2.45, 2.75) is 92.9 Å². The third-order valence-electron chi connectivity index (χ3n) is 4.98. The van der Waals surface area contributed by atoms with Crippen LogP contribution in [-0.4, -0.2) is 20.5 Å². The molecule has 0 atom stereocenters. The molecule has 0 bridgehead atoms. The maximum atomic E-state index is 6.62. The van der Waals surface area contributed by atoms with Gasteiger partial charge in [-0.2, -0.15) is 0 Å². The number of nitrogens with two attached hydrogens (primary N) is 1. The maximum Gasteiger partial charge on any atom is 0.713 e. The van der Waals surface area contributed by atoms with Crippen LogP contribution in [0.2, 0.25) is 0 Å². The van der Waals surface area contributed by atoms with Gasteiger partial charge in [0.05, 0.1) is 5.69 Å². The van der Waals surface area contributed by atoms with Gasteiger partial charge in [0.25, 0.3) is 0 Å². The number of hydrogen-bond acceptors (Lipinski definition) is 4. The summed E-state index contributed by atoms with van der Waals surface area (Å²) >= 11 is 0. The van der Waals surface area contributed by atoms with Crippen molar-refractivity contribution < 1.29 is 14.0 Å². The average Bonchev–Trinajstić information content (AvgIpc) is 2.73. The zero-order valence-corrected chi connectivity index (χ0v) is 19.5. The zero-order valence-electron chi connectivity index (χ0n) is 19.5. The lowest BCUT2D eigenvalue weighted by atomic mass is 9.89. The normalized spacial score (nSPS) is 10.6. The van der Waals surface area contributed by atoms with Crippen molar-refractivity contribution >= 4 is 13.0 Å². The van der Waals surface area contributed by atoms with E-state index < -0.39 is 7.32 Å². The van der Waals surface area contributed by atoms with Gasteiger partial charge in [-0.05, 0) is 48.8 Å². The SMILES string of the molecule is CCC#Cc1c(CC)c(N)c(OB(OCCCC)OCCCC)c(CC)c1CC. The molecule has 4 nitrogen and oxygen atoms in total. The number of rotatable bonds is 13. The first-order valence-electron chi connectivity index (χ1n) is 11.4. The van der Waals surface area contributed by atoms with Crippen molar-refractivity contribution in [2.75, 3.05) is 18.9 Å². The Morgan fingerprint density at radius 3 is 1.79 bits per heavy atom. The summed E-state index contributed by atoms with van der Waals surface area (Å²) in [5.41, 5.74) is 11.8. The van der Waals surface area contributed by atoms with Gasteiger partial charge in [-0.1, -0.05) is 66.2 Å². The first-order chi connectivity index (χ1) is 14.1. The Balaban J connectivity index is 3.38. The Morgan fingerprint density at radius 2 is 1.34 bits per heavy atom. The van der Waals surface area contributed by atoms with E-state index in [-0.39, 0.29) is 0 Å². The smallest absolute Gasteiger partial charge is 0.510 e. The van der Waals surface area contributed by atoms with E-state index >= 15 is 0 Å². The van der Waals surface area contributed by atoms with E-state index in [2.05, 4.69) is 53.4 Å². The Hall–Kier alpha value is -1.64. The van der Waals surface area contributed by atoms with Crippen LogP contribution in [-0.2, 0) is 28.6 Å². The highest BCUT2D eigenvalue weighted by Gasteiger charge is 2.29. The van der Waals surface area contributed by atoms with Crippen LogP contribution >= 0.6 is 0 Å². The summed E-state index contributed by atoms with van der Waals surface area (Å²) in [4.78, 5) is 0. The second-order valence-corrected chi connectivity index (χ2v) is 7.12. The van der Waals surface area contributed by atoms with E-state index in [1.807, 2.05) is 0 Å². The minimum Gasteiger partial charge on any atom is -0.510 e. The molecule has 0 saturated carbocycles. The van der Waals surface area contributed by atoms with Crippen molar-refractivity contribution in [3.05, 3.63) is 22.3 Å². The molecule has 1 aromatic rings. The van der Waals surface area contributed by atoms with Crippen LogP contribution < -0.4 is 10.4 Å². The van der Waals surface area contributed by atoms with Gasteiger partial charge in [-0.3, -0.25) is 0 Å². The maximum absolute atomic E-state index is 6.62. The first-order valence-corrected chi connectivity index (χ1v) is 11.4. The largest absolute Gasteiger partial charge is 0.713 e. The molecule has 5 heteroatoms. The molecule has 0 unspecified atom stereocenters. The first kappa shape index (κ1) is 25.4. The number of nitrogen functional groups attached to an aromatic ring is 1. The minimum atomic E-state index is -0.734. The lowest BCUT2D eigenvalue weighted by Gasteiger charge is -2.24. The van der Waals surface area contributed by atoms with Crippen LogP contribution in [0.25, 0.3) is 0 Å². The fourth-order valence-electron chi connectivity index (χ4n) is 3.36. The molecule has 0 fully saturated rings. The van der Waals surface area contributed by atoms with Gasteiger partial charge in [-0.25, -0.2) is 0 Å². The minimum absolute atomic E-state index is 0.607. The predicted octanol–water partition coefficient (Wildman–Crippen LogP) is 5.71. The predicted molar refractivity (Wildman–Crippen MR) is 124 cm³/mol. The van der Waals surface area contributed by atoms with E-state index in [0.29, 0.717) is 24.7 Å². The molecule has 2 N–H and O–H groups in total. The molecular weight excluding hydrogens is 361 g/mol. The van der Waals surface area contributed by atoms with Gasteiger partial charge < -0.3 is 19.7 Å². The molecule has 0 amide bonds. The summed E-state index contributed by atoms with van der Waals surface area (Å²) in [6, 6.07) is 0. The summed E-state index contributed by atoms with van der Waals surface area (Å²) in [6.45, 7) is 14.0. The topological polar surface area (TPSA) is 53.7 Å². The van der Waals surface area contributed by atoms with Crippen molar-refractivity contribution in [3.63, 3.8) is 0 Å². The molecule has 1 rings (SSSR count). The molecule has 0 heterocycles. The van der Waals surface area contributed by atoms with Gasteiger partial charge in [-0.15, -0.1) is 0 Å². The van der Waals surface area contributed by atoms with Crippen LogP contribution in [0.5, 0.6) is 5.75 Å². The van der Waals surface area contributed by atoms with Gasteiger partial charge >= 0.3 is 7.32 Å². The fraction of sp³-hybridized carbons (Fsp3) is 0.667. The van der Waals surface area contributed by atoms with Crippen LogP contribution in [0.3, 0.4) is 0 Å². The highest BCUT2D eigenvalue weighted by Crippen LogP contribution is 2.38. The summed E-state index contributed by atoms with van der Waals surface area (Å²) in [6.07, 6.45) is 7.42. The molecule has 0 aromatic heterocycles. The highest BCUT2D eigenvalue weighted by atomic mass is 16.7. The lowest BCUT2D eigenvalue weighted by Crippen LogP contribution is -2.32. The van der Waals surface area contributed by atoms with Gasteiger partial charge in [0.15, 0.2) is 0 Å². The Morgan fingerprint density at radius 1 is 0.793 bits per heavy atom. The summed E-state index contributed by atoms with van der Waals surface area (Å²) < 4.78 is 18.1. The molecule has 0 saturated heterocycles. The van der Waals surface area contributed by atoms with E-state index in [0.717, 1.165) is 68.1 Å². The third kappa shape index (κ3) is 7.28. The summed E-state index contributed by atoms with van der Waals surface area (Å²) in [5.74, 6) is 7.30. The van der Waals surface area contributed by atoms with Crippen LogP contribution in [0.15, 0.2) is 0 Å². The highest BCUT2D eigenvalue weighted by molar-refractivity contribution is 6.37. The molecule has 0 aliphatic rings. The second-order valence-electron chi connectivity index (χ2n) is 7.12. The molecule has 1 aromatic carbocycles. The van der Waals surface area contributed by atoms with E-state index in [1.165, 1.54) is 5.56 Å². The monoisotopic (exact) mass is 401 g/mol. The van der Waals surface area contributed by atoms with Crippen LogP contribution in [0.1, 0.15) is 95.9 Å². The van der Waals surface area contributed by atoms with Gasteiger partial charge in [0.2, 0.25) is 0 Å². The Bertz CT molecular complexity index is 669. The number of benzene rings is 1. The van der Waals surface area contributed by atoms with E-state index in [4.69, 9.17) is 19.7 Å². The third-order valence-corrected chi connectivity index (χ3v) is 4.98. The van der Waals surface area contributed by atoms with Crippen molar-refractivity contribution in [2.24, 2.45) is 0 Å². The summed E-state index contributed by atoms with van der Waals surface area (Å²) in [7, 11) is -0.734. The van der Waals surface area contributed by atoms with Gasteiger partial charge in [0.1, 0.15) is 5.75 Å². The second kappa shape index (κ2) is 14.4. The van der Waals surface area contributed by atoms with Crippen molar-refractivity contribution in [1.82, 2.24) is 0 Å². The Kier molecular flexibility index (Phi) is 12.6. The van der Waals surface area contributed by atoms with E-state index in [1.54, 1.807) is 0 Å². The van der Waals surface area contributed by atoms with Crippen molar-refractivity contribution in [1.29, 1.82) is 0 Å². The lowest BCUT2D eigenvalue weighted by molar-refractivity contribution is 0.136.